The Labute approximate surface area is 410 Å². The van der Waals surface area contributed by atoms with Gasteiger partial charge in [-0.15, -0.1) is 0 Å². The van der Waals surface area contributed by atoms with E-state index in [1.165, 1.54) is 141 Å². The Morgan fingerprint density at radius 2 is 0.806 bits per heavy atom. The molecule has 0 aromatic rings. The molecular weight excluding hydrogens is 853 g/mol. The molecule has 396 valence electrons. The van der Waals surface area contributed by atoms with E-state index in [0.717, 1.165) is 38.5 Å². The van der Waals surface area contributed by atoms with E-state index < -0.39 is 23.9 Å². The maximum Gasteiger partial charge on any atom is 0.407 e. The van der Waals surface area contributed by atoms with E-state index in [1.807, 2.05) is 34.6 Å². The zero-order valence-electron chi connectivity index (χ0n) is 44.4. The van der Waals surface area contributed by atoms with Crippen molar-refractivity contribution in [3.63, 3.8) is 0 Å². The van der Waals surface area contributed by atoms with Crippen LogP contribution in [0.15, 0.2) is 0 Å². The van der Waals surface area contributed by atoms with Crippen molar-refractivity contribution in [2.45, 2.75) is 265 Å². The summed E-state index contributed by atoms with van der Waals surface area (Å²) >= 11 is 0. The maximum atomic E-state index is 12.8. The van der Waals surface area contributed by atoms with E-state index >= 15 is 0 Å². The number of carbonyl (C=O) groups is 4. The van der Waals surface area contributed by atoms with Gasteiger partial charge in [-0.05, 0) is 47.5 Å². The van der Waals surface area contributed by atoms with E-state index in [2.05, 4.69) is 24.5 Å². The van der Waals surface area contributed by atoms with Crippen LogP contribution in [0.3, 0.4) is 0 Å². The van der Waals surface area contributed by atoms with Gasteiger partial charge in [0.25, 0.3) is 0 Å². The lowest BCUT2D eigenvalue weighted by Crippen LogP contribution is -2.37. The van der Waals surface area contributed by atoms with E-state index in [4.69, 9.17) is 33.2 Å². The smallest absolute Gasteiger partial charge is 0.407 e. The van der Waals surface area contributed by atoms with Crippen molar-refractivity contribution in [2.24, 2.45) is 0 Å². The van der Waals surface area contributed by atoms with Gasteiger partial charge in [0.2, 0.25) is 0 Å². The van der Waals surface area contributed by atoms with Gasteiger partial charge >= 0.3 is 24.1 Å². The molecule has 0 aliphatic carbocycles. The normalized spacial score (nSPS) is 12.2. The minimum atomic E-state index is -0.894. The molecule has 0 saturated carbocycles. The summed E-state index contributed by atoms with van der Waals surface area (Å²) in [5.74, 6) is -0.724. The number of alkyl carbamates (subject to hydrolysis) is 2. The largest absolute Gasteiger partial charge is 0.462 e. The highest BCUT2D eigenvalue weighted by atomic mass is 16.6. The summed E-state index contributed by atoms with van der Waals surface area (Å²) in [5.41, 5.74) is -0.912. The number of ether oxygens (including phenoxy) is 7. The molecule has 0 radical (unpaired) electrons. The summed E-state index contributed by atoms with van der Waals surface area (Å²) in [6, 6.07) is 0. The second-order valence-electron chi connectivity index (χ2n) is 20.0. The fraction of sp³-hybridized carbons (Fsp3) is 0.926. The molecule has 0 aromatic heterocycles. The van der Waals surface area contributed by atoms with Crippen LogP contribution in [0.4, 0.5) is 9.59 Å². The molecule has 0 spiro atoms. The van der Waals surface area contributed by atoms with Crippen LogP contribution >= 0.6 is 0 Å². The molecule has 67 heavy (non-hydrogen) atoms. The zero-order chi connectivity index (χ0) is 49.5. The fourth-order valence-corrected chi connectivity index (χ4v) is 7.48. The van der Waals surface area contributed by atoms with Gasteiger partial charge in [0.1, 0.15) is 18.8 Å². The summed E-state index contributed by atoms with van der Waals surface area (Å²) in [5, 5.41) is 5.31. The molecule has 1 atom stereocenters. The van der Waals surface area contributed by atoms with Crippen LogP contribution in [0.1, 0.15) is 248 Å². The Morgan fingerprint density at radius 3 is 1.22 bits per heavy atom. The third-order valence-electron chi connectivity index (χ3n) is 11.6. The quantitative estimate of drug-likeness (QED) is 0.0340. The molecule has 2 amide bonds. The average Bonchev–Trinajstić information content (AvgIpc) is 3.27. The third kappa shape index (κ3) is 49.6. The van der Waals surface area contributed by atoms with Crippen LogP contribution in [-0.2, 0) is 42.7 Å². The molecule has 0 heterocycles. The molecule has 0 aliphatic rings. The second-order valence-corrected chi connectivity index (χ2v) is 20.0. The van der Waals surface area contributed by atoms with Crippen molar-refractivity contribution in [1.29, 1.82) is 0 Å². The number of unbranched alkanes of at least 4 members (excludes halogenated alkanes) is 26. The number of esters is 2. The minimum Gasteiger partial charge on any atom is -0.462 e. The first-order chi connectivity index (χ1) is 32.3. The third-order valence-corrected chi connectivity index (χ3v) is 11.6. The van der Waals surface area contributed by atoms with E-state index in [9.17, 15) is 19.2 Å². The Kier molecular flexibility index (Phi) is 44.0. The SMILES string of the molecule is CCCCCCCCCCCCCCCCC(=O)OCC(COC(=O)NCCOCCOCCNC(=O)OC(C)(C)CCOC(C)(C)C)OC(=O)CCCCCCCCCCCCCCCC. The van der Waals surface area contributed by atoms with Crippen molar-refractivity contribution in [3.8, 4) is 0 Å². The standard InChI is InChI=1S/C54H104N2O11/c1-8-10-12-14-16-18-20-22-24-26-28-30-32-34-36-49(57)63-46-48(66-50(58)37-35-33-31-29-27-25-23-21-19-17-15-13-11-9-2)47-64-51(59)55-39-42-61-44-45-62-43-40-56-52(60)67-54(6,7)38-41-65-53(3,4)5/h48H,8-47H2,1-7H3,(H,55,59)(H,56,60). The Morgan fingerprint density at radius 1 is 0.433 bits per heavy atom. The Hall–Kier alpha value is -2.64. The van der Waals surface area contributed by atoms with Crippen LogP contribution in [0.5, 0.6) is 0 Å². The van der Waals surface area contributed by atoms with Gasteiger partial charge in [0, 0.05) is 32.4 Å². The fourth-order valence-electron chi connectivity index (χ4n) is 7.48. The predicted octanol–water partition coefficient (Wildman–Crippen LogP) is 13.7. The maximum absolute atomic E-state index is 12.8. The average molecular weight is 957 g/mol. The molecule has 0 saturated heterocycles. The predicted molar refractivity (Wildman–Crippen MR) is 271 cm³/mol. The highest BCUT2D eigenvalue weighted by Gasteiger charge is 2.24. The number of nitrogens with one attached hydrogen (secondary N) is 2. The Bertz CT molecular complexity index is 1160. The first kappa shape index (κ1) is 64.4. The molecule has 13 heteroatoms. The Balaban J connectivity index is 4.41. The summed E-state index contributed by atoms with van der Waals surface area (Å²) < 4.78 is 38.8. The van der Waals surface area contributed by atoms with Gasteiger partial charge in [0.15, 0.2) is 6.10 Å². The molecular formula is C54H104N2O11. The molecule has 0 aliphatic heterocycles. The number of hydrogen-bond donors (Lipinski definition) is 2. The van der Waals surface area contributed by atoms with Gasteiger partial charge in [-0.3, -0.25) is 9.59 Å². The lowest BCUT2D eigenvalue weighted by atomic mass is 10.0. The lowest BCUT2D eigenvalue weighted by molar-refractivity contribution is -0.161. The molecule has 1 unspecified atom stereocenters. The molecule has 0 rings (SSSR count). The van der Waals surface area contributed by atoms with Crippen LogP contribution < -0.4 is 10.6 Å². The van der Waals surface area contributed by atoms with Crippen LogP contribution in [0, 0.1) is 0 Å². The van der Waals surface area contributed by atoms with Crippen LogP contribution in [-0.4, -0.2) is 101 Å². The highest BCUT2D eigenvalue weighted by Crippen LogP contribution is 2.18. The molecule has 0 bridgehead atoms. The number of carbonyl (C=O) groups excluding carboxylic acids is 4. The molecule has 2 N–H and O–H groups in total. The molecule has 0 fully saturated rings. The van der Waals surface area contributed by atoms with Gasteiger partial charge < -0.3 is 43.8 Å². The summed E-state index contributed by atoms with van der Waals surface area (Å²) in [4.78, 5) is 50.0. The van der Waals surface area contributed by atoms with Gasteiger partial charge in [-0.25, -0.2) is 9.59 Å². The number of rotatable bonds is 48. The summed E-state index contributed by atoms with van der Waals surface area (Å²) in [6.45, 7) is 15.8. The first-order valence-corrected chi connectivity index (χ1v) is 27.3. The first-order valence-electron chi connectivity index (χ1n) is 27.3. The van der Waals surface area contributed by atoms with Crippen molar-refractivity contribution in [2.75, 3.05) is 59.3 Å². The van der Waals surface area contributed by atoms with Gasteiger partial charge in [-0.2, -0.15) is 0 Å². The second kappa shape index (κ2) is 45.8. The summed E-state index contributed by atoms with van der Waals surface area (Å²) in [7, 11) is 0. The van der Waals surface area contributed by atoms with Crippen molar-refractivity contribution in [3.05, 3.63) is 0 Å². The molecule has 13 nitrogen and oxygen atoms in total. The topological polar surface area (TPSA) is 157 Å². The lowest BCUT2D eigenvalue weighted by Gasteiger charge is -2.27. The van der Waals surface area contributed by atoms with Crippen LogP contribution in [0.2, 0.25) is 0 Å². The van der Waals surface area contributed by atoms with Gasteiger partial charge in [0.05, 0.1) is 38.6 Å². The van der Waals surface area contributed by atoms with Gasteiger partial charge in [-0.1, -0.05) is 181 Å². The highest BCUT2D eigenvalue weighted by molar-refractivity contribution is 5.70. The number of amides is 2. The van der Waals surface area contributed by atoms with Crippen molar-refractivity contribution >= 4 is 24.1 Å². The monoisotopic (exact) mass is 957 g/mol. The summed E-state index contributed by atoms with van der Waals surface area (Å²) in [6.07, 6.45) is 33.7. The van der Waals surface area contributed by atoms with Crippen molar-refractivity contribution in [1.82, 2.24) is 10.6 Å². The van der Waals surface area contributed by atoms with Crippen LogP contribution in [0.25, 0.3) is 0 Å². The van der Waals surface area contributed by atoms with E-state index in [-0.39, 0.29) is 63.5 Å². The minimum absolute atomic E-state index is 0.167. The van der Waals surface area contributed by atoms with E-state index in [1.54, 1.807) is 0 Å². The van der Waals surface area contributed by atoms with Crippen molar-refractivity contribution < 1.29 is 52.3 Å². The number of hydrogen-bond acceptors (Lipinski definition) is 11. The zero-order valence-corrected chi connectivity index (χ0v) is 44.4. The molecule has 0 aromatic carbocycles. The van der Waals surface area contributed by atoms with E-state index in [0.29, 0.717) is 32.7 Å².